The van der Waals surface area contributed by atoms with Crippen LogP contribution in [0.25, 0.3) is 0 Å². The van der Waals surface area contributed by atoms with Gasteiger partial charge in [0, 0.05) is 30.3 Å². The Labute approximate surface area is 160 Å². The second-order valence-electron chi connectivity index (χ2n) is 7.92. The van der Waals surface area contributed by atoms with Gasteiger partial charge in [0.1, 0.15) is 5.82 Å². The number of rotatable bonds is 6. The highest BCUT2D eigenvalue weighted by Crippen LogP contribution is 2.39. The van der Waals surface area contributed by atoms with E-state index in [1.807, 2.05) is 24.3 Å². The molecule has 144 valence electrons. The molecule has 2 aliphatic rings. The molecule has 27 heavy (non-hydrogen) atoms. The predicted octanol–water partition coefficient (Wildman–Crippen LogP) is 4.70. The van der Waals surface area contributed by atoms with Crippen LogP contribution in [0.15, 0.2) is 30.3 Å². The molecule has 4 rings (SSSR count). The summed E-state index contributed by atoms with van der Waals surface area (Å²) in [5, 5.41) is 13.0. The predicted molar refractivity (Wildman–Crippen MR) is 108 cm³/mol. The standard InChI is InChI=1S/C21H29N5O/c1-26(17-8-3-2-4-9-17)14-16-7-5-6-10-18(16)22-21(27)23-20-13-19(24-25-20)15-11-12-15/h5-7,10,13,15,17H,2-4,8-9,11-12,14H2,1H3,(H3,22,23,24,25,27). The van der Waals surface area contributed by atoms with Crippen LogP contribution >= 0.6 is 0 Å². The number of urea groups is 1. The maximum atomic E-state index is 12.4. The minimum Gasteiger partial charge on any atom is -0.307 e. The Bertz CT molecular complexity index is 776. The number of carbonyl (C=O) groups excluding carboxylic acids is 1. The first kappa shape index (κ1) is 18.0. The van der Waals surface area contributed by atoms with Crippen molar-refractivity contribution in [1.29, 1.82) is 0 Å². The molecular formula is C21H29N5O. The van der Waals surface area contributed by atoms with Crippen molar-refractivity contribution in [3.8, 4) is 0 Å². The molecule has 1 aromatic heterocycles. The first-order valence-corrected chi connectivity index (χ1v) is 10.1. The van der Waals surface area contributed by atoms with E-state index in [2.05, 4.69) is 38.8 Å². The van der Waals surface area contributed by atoms with Gasteiger partial charge in [0.25, 0.3) is 0 Å². The Kier molecular flexibility index (Phi) is 5.43. The third-order valence-corrected chi connectivity index (χ3v) is 5.72. The lowest BCUT2D eigenvalue weighted by atomic mass is 9.94. The molecule has 1 heterocycles. The van der Waals surface area contributed by atoms with E-state index in [4.69, 9.17) is 0 Å². The Balaban J connectivity index is 1.37. The van der Waals surface area contributed by atoms with Gasteiger partial charge in [-0.2, -0.15) is 5.10 Å². The van der Waals surface area contributed by atoms with Gasteiger partial charge in [0.2, 0.25) is 0 Å². The monoisotopic (exact) mass is 367 g/mol. The Morgan fingerprint density at radius 2 is 1.93 bits per heavy atom. The number of carbonyl (C=O) groups is 1. The van der Waals surface area contributed by atoms with Crippen LogP contribution in [-0.4, -0.2) is 34.2 Å². The van der Waals surface area contributed by atoms with Gasteiger partial charge in [-0.15, -0.1) is 0 Å². The van der Waals surface area contributed by atoms with Crippen molar-refractivity contribution in [3.05, 3.63) is 41.6 Å². The molecule has 0 bridgehead atoms. The molecule has 2 aliphatic carbocycles. The molecule has 6 nitrogen and oxygen atoms in total. The number of para-hydroxylation sites is 1. The Hall–Kier alpha value is -2.34. The van der Waals surface area contributed by atoms with E-state index in [1.54, 1.807) is 0 Å². The average molecular weight is 367 g/mol. The molecule has 0 aliphatic heterocycles. The van der Waals surface area contributed by atoms with Gasteiger partial charge in [0.15, 0.2) is 0 Å². The largest absolute Gasteiger partial charge is 0.324 e. The number of hydrogen-bond donors (Lipinski definition) is 3. The van der Waals surface area contributed by atoms with Crippen LogP contribution in [0.3, 0.4) is 0 Å². The minimum atomic E-state index is -0.242. The average Bonchev–Trinajstić information content (AvgIpc) is 3.43. The van der Waals surface area contributed by atoms with Crippen molar-refractivity contribution in [2.75, 3.05) is 17.7 Å². The molecule has 1 aromatic carbocycles. The van der Waals surface area contributed by atoms with E-state index in [0.717, 1.165) is 23.5 Å². The first-order chi connectivity index (χ1) is 13.2. The lowest BCUT2D eigenvalue weighted by molar-refractivity contribution is 0.185. The number of aromatic nitrogens is 2. The van der Waals surface area contributed by atoms with Crippen LogP contribution in [-0.2, 0) is 6.54 Å². The van der Waals surface area contributed by atoms with Gasteiger partial charge in [-0.1, -0.05) is 37.5 Å². The van der Waals surface area contributed by atoms with E-state index in [9.17, 15) is 4.79 Å². The van der Waals surface area contributed by atoms with E-state index >= 15 is 0 Å². The molecule has 2 aromatic rings. The molecule has 2 fully saturated rings. The van der Waals surface area contributed by atoms with Crippen LogP contribution in [0.4, 0.5) is 16.3 Å². The van der Waals surface area contributed by atoms with Crippen molar-refractivity contribution in [2.24, 2.45) is 0 Å². The number of aromatic amines is 1. The van der Waals surface area contributed by atoms with Crippen LogP contribution < -0.4 is 10.6 Å². The van der Waals surface area contributed by atoms with Crippen molar-refractivity contribution in [3.63, 3.8) is 0 Å². The quantitative estimate of drug-likeness (QED) is 0.693. The van der Waals surface area contributed by atoms with Crippen molar-refractivity contribution in [1.82, 2.24) is 15.1 Å². The van der Waals surface area contributed by atoms with Crippen molar-refractivity contribution in [2.45, 2.75) is 63.5 Å². The number of nitrogens with zero attached hydrogens (tertiary/aromatic N) is 2. The maximum Gasteiger partial charge on any atom is 0.324 e. The minimum absolute atomic E-state index is 0.242. The summed E-state index contributed by atoms with van der Waals surface area (Å²) in [6.45, 7) is 0.844. The molecule has 0 radical (unpaired) electrons. The maximum absolute atomic E-state index is 12.4. The van der Waals surface area contributed by atoms with Gasteiger partial charge < -0.3 is 5.32 Å². The summed E-state index contributed by atoms with van der Waals surface area (Å²) in [6.07, 6.45) is 8.94. The number of amides is 2. The summed E-state index contributed by atoms with van der Waals surface area (Å²) in [7, 11) is 2.19. The van der Waals surface area contributed by atoms with Crippen molar-refractivity contribution >= 4 is 17.5 Å². The molecule has 0 unspecified atom stereocenters. The zero-order valence-corrected chi connectivity index (χ0v) is 16.0. The lowest BCUT2D eigenvalue weighted by Gasteiger charge is -2.31. The second kappa shape index (κ2) is 8.13. The highest BCUT2D eigenvalue weighted by molar-refractivity contribution is 5.99. The van der Waals surface area contributed by atoms with E-state index in [1.165, 1.54) is 44.9 Å². The first-order valence-electron chi connectivity index (χ1n) is 10.1. The fourth-order valence-electron chi connectivity index (χ4n) is 3.97. The normalized spacial score (nSPS) is 17.9. The molecule has 2 saturated carbocycles. The zero-order valence-electron chi connectivity index (χ0n) is 16.0. The number of anilines is 2. The molecule has 0 saturated heterocycles. The summed E-state index contributed by atoms with van der Waals surface area (Å²) < 4.78 is 0. The number of hydrogen-bond acceptors (Lipinski definition) is 3. The van der Waals surface area contributed by atoms with Gasteiger partial charge in [-0.05, 0) is 44.4 Å². The zero-order chi connectivity index (χ0) is 18.6. The molecule has 2 amide bonds. The molecular weight excluding hydrogens is 338 g/mol. The van der Waals surface area contributed by atoms with E-state index in [0.29, 0.717) is 17.8 Å². The fourth-order valence-corrected chi connectivity index (χ4v) is 3.97. The lowest BCUT2D eigenvalue weighted by Crippen LogP contribution is -2.33. The number of benzene rings is 1. The topological polar surface area (TPSA) is 73.1 Å². The van der Waals surface area contributed by atoms with Gasteiger partial charge in [0.05, 0.1) is 5.69 Å². The Morgan fingerprint density at radius 3 is 2.70 bits per heavy atom. The van der Waals surface area contributed by atoms with Gasteiger partial charge in [-0.25, -0.2) is 4.79 Å². The molecule has 0 spiro atoms. The SMILES string of the molecule is CN(Cc1ccccc1NC(=O)Nc1cc(C2CC2)n[nH]1)C1CCCCC1. The van der Waals surface area contributed by atoms with Crippen LogP contribution in [0, 0.1) is 0 Å². The third kappa shape index (κ3) is 4.69. The third-order valence-electron chi connectivity index (χ3n) is 5.72. The van der Waals surface area contributed by atoms with E-state index < -0.39 is 0 Å². The number of H-pyrrole nitrogens is 1. The van der Waals surface area contributed by atoms with Crippen LogP contribution in [0.1, 0.15) is 62.1 Å². The van der Waals surface area contributed by atoms with Gasteiger partial charge >= 0.3 is 6.03 Å². The van der Waals surface area contributed by atoms with Crippen molar-refractivity contribution < 1.29 is 4.79 Å². The molecule has 0 atom stereocenters. The Morgan fingerprint density at radius 1 is 1.15 bits per heavy atom. The second-order valence-corrected chi connectivity index (χ2v) is 7.92. The highest BCUT2D eigenvalue weighted by atomic mass is 16.2. The van der Waals surface area contributed by atoms with Crippen LogP contribution in [0.2, 0.25) is 0 Å². The van der Waals surface area contributed by atoms with Crippen LogP contribution in [0.5, 0.6) is 0 Å². The molecule has 3 N–H and O–H groups in total. The number of nitrogens with one attached hydrogen (secondary N) is 3. The highest BCUT2D eigenvalue weighted by Gasteiger charge is 2.26. The summed E-state index contributed by atoms with van der Waals surface area (Å²) in [5.74, 6) is 1.21. The summed E-state index contributed by atoms with van der Waals surface area (Å²) in [6, 6.07) is 10.4. The smallest absolute Gasteiger partial charge is 0.307 e. The fraction of sp³-hybridized carbons (Fsp3) is 0.524. The van der Waals surface area contributed by atoms with Gasteiger partial charge in [-0.3, -0.25) is 15.3 Å². The summed E-state index contributed by atoms with van der Waals surface area (Å²) in [4.78, 5) is 14.9. The summed E-state index contributed by atoms with van der Waals surface area (Å²) in [5.41, 5.74) is 3.04. The molecule has 6 heteroatoms. The van der Waals surface area contributed by atoms with E-state index in [-0.39, 0.29) is 6.03 Å². The summed E-state index contributed by atoms with van der Waals surface area (Å²) >= 11 is 0.